The van der Waals surface area contributed by atoms with Gasteiger partial charge in [-0.05, 0) is 49.6 Å². The largest absolute Gasteiger partial charge is 0.459 e. The van der Waals surface area contributed by atoms with Gasteiger partial charge in [0.15, 0.2) is 17.4 Å². The number of amides is 2. The summed E-state index contributed by atoms with van der Waals surface area (Å²) >= 11 is 0. The Hall–Kier alpha value is -2.70. The van der Waals surface area contributed by atoms with Crippen molar-refractivity contribution in [1.82, 2.24) is 9.80 Å². The van der Waals surface area contributed by atoms with E-state index in [-0.39, 0.29) is 23.8 Å². The average molecular weight is 376 g/mol. The smallest absolute Gasteiger partial charge is 0.289 e. The Morgan fingerprint density at radius 3 is 2.48 bits per heavy atom. The molecule has 1 aliphatic heterocycles. The van der Waals surface area contributed by atoms with Gasteiger partial charge in [-0.15, -0.1) is 0 Å². The Labute approximate surface area is 156 Å². The molecule has 144 valence electrons. The van der Waals surface area contributed by atoms with E-state index in [0.29, 0.717) is 37.3 Å². The molecule has 1 fully saturated rings. The summed E-state index contributed by atoms with van der Waals surface area (Å²) in [6, 6.07) is 6.58. The van der Waals surface area contributed by atoms with Crippen LogP contribution >= 0.6 is 0 Å². The van der Waals surface area contributed by atoms with Gasteiger partial charge in [0.1, 0.15) is 0 Å². The fourth-order valence-electron chi connectivity index (χ4n) is 3.36. The fraction of sp³-hybridized carbons (Fsp3) is 0.400. The molecule has 0 N–H and O–H groups in total. The third kappa shape index (κ3) is 4.02. The molecule has 3 rings (SSSR count). The second-order valence-corrected chi connectivity index (χ2v) is 6.84. The van der Waals surface area contributed by atoms with Crippen molar-refractivity contribution in [2.45, 2.75) is 25.8 Å². The van der Waals surface area contributed by atoms with Gasteiger partial charge in [0, 0.05) is 26.1 Å². The number of likely N-dealkylation sites (tertiary alicyclic amines) is 1. The monoisotopic (exact) mass is 376 g/mol. The summed E-state index contributed by atoms with van der Waals surface area (Å²) in [5, 5.41) is 0. The van der Waals surface area contributed by atoms with Crippen molar-refractivity contribution in [1.29, 1.82) is 0 Å². The Balaban J connectivity index is 1.59. The lowest BCUT2D eigenvalue weighted by Gasteiger charge is -2.34. The van der Waals surface area contributed by atoms with Gasteiger partial charge in [-0.25, -0.2) is 8.78 Å². The Morgan fingerprint density at radius 2 is 1.89 bits per heavy atom. The van der Waals surface area contributed by atoms with E-state index in [9.17, 15) is 18.4 Å². The summed E-state index contributed by atoms with van der Waals surface area (Å²) in [5.41, 5.74) is 0.537. The van der Waals surface area contributed by atoms with Gasteiger partial charge in [0.05, 0.1) is 12.3 Å². The van der Waals surface area contributed by atoms with Crippen molar-refractivity contribution in [2.75, 3.05) is 20.1 Å². The maximum absolute atomic E-state index is 13.5. The first-order valence-electron chi connectivity index (χ1n) is 8.93. The van der Waals surface area contributed by atoms with Crippen LogP contribution in [0, 0.1) is 17.6 Å². The summed E-state index contributed by atoms with van der Waals surface area (Å²) < 4.78 is 31.7. The number of nitrogens with zero attached hydrogens (tertiary/aromatic N) is 2. The molecule has 0 bridgehead atoms. The molecule has 1 aromatic heterocycles. The molecule has 0 radical (unpaired) electrons. The van der Waals surface area contributed by atoms with Gasteiger partial charge in [-0.3, -0.25) is 9.59 Å². The predicted molar refractivity (Wildman–Crippen MR) is 94.9 cm³/mol. The number of piperidine rings is 1. The van der Waals surface area contributed by atoms with Gasteiger partial charge in [0.2, 0.25) is 5.91 Å². The van der Waals surface area contributed by atoms with Crippen LogP contribution in [0.5, 0.6) is 0 Å². The third-order valence-corrected chi connectivity index (χ3v) is 5.22. The number of halogens is 2. The van der Waals surface area contributed by atoms with Crippen LogP contribution in [0.4, 0.5) is 8.78 Å². The van der Waals surface area contributed by atoms with E-state index >= 15 is 0 Å². The lowest BCUT2D eigenvalue weighted by Crippen LogP contribution is -2.44. The zero-order valence-corrected chi connectivity index (χ0v) is 15.3. The molecule has 5 nitrogen and oxygen atoms in total. The Kier molecular flexibility index (Phi) is 5.58. The fourth-order valence-corrected chi connectivity index (χ4v) is 3.36. The van der Waals surface area contributed by atoms with E-state index in [1.807, 2.05) is 0 Å². The minimum absolute atomic E-state index is 0.0580. The predicted octanol–water partition coefficient (Wildman–Crippen LogP) is 3.63. The molecule has 0 aliphatic carbocycles. The van der Waals surface area contributed by atoms with E-state index in [4.69, 9.17) is 4.42 Å². The normalized spacial score (nSPS) is 16.2. The number of rotatable bonds is 4. The highest BCUT2D eigenvalue weighted by Crippen LogP contribution is 2.26. The second-order valence-electron chi connectivity index (χ2n) is 6.84. The lowest BCUT2D eigenvalue weighted by atomic mass is 9.94. The number of carbonyl (C=O) groups excluding carboxylic acids is 2. The third-order valence-electron chi connectivity index (χ3n) is 5.22. The average Bonchev–Trinajstić information content (AvgIpc) is 3.22. The Morgan fingerprint density at radius 1 is 1.19 bits per heavy atom. The minimum Gasteiger partial charge on any atom is -0.459 e. The van der Waals surface area contributed by atoms with Gasteiger partial charge in [-0.1, -0.05) is 6.07 Å². The van der Waals surface area contributed by atoms with Crippen LogP contribution in [0.3, 0.4) is 0 Å². The summed E-state index contributed by atoms with van der Waals surface area (Å²) in [6.07, 6.45) is 2.57. The van der Waals surface area contributed by atoms with Crippen molar-refractivity contribution >= 4 is 11.8 Å². The molecule has 1 saturated heterocycles. The first kappa shape index (κ1) is 19.1. The molecule has 1 unspecified atom stereocenters. The van der Waals surface area contributed by atoms with Crippen LogP contribution in [0.25, 0.3) is 0 Å². The van der Waals surface area contributed by atoms with E-state index in [2.05, 4.69) is 0 Å². The van der Waals surface area contributed by atoms with E-state index in [1.165, 1.54) is 12.3 Å². The van der Waals surface area contributed by atoms with Crippen molar-refractivity contribution in [3.05, 3.63) is 59.6 Å². The van der Waals surface area contributed by atoms with E-state index in [0.717, 1.165) is 12.1 Å². The number of benzene rings is 1. The molecule has 0 spiro atoms. The van der Waals surface area contributed by atoms with Gasteiger partial charge in [-0.2, -0.15) is 0 Å². The Bertz CT molecular complexity index is 815. The van der Waals surface area contributed by atoms with Crippen LogP contribution in [0.15, 0.2) is 41.0 Å². The van der Waals surface area contributed by atoms with Gasteiger partial charge in [0.25, 0.3) is 5.91 Å². The number of carbonyl (C=O) groups is 2. The number of hydrogen-bond acceptors (Lipinski definition) is 3. The molecule has 7 heteroatoms. The highest BCUT2D eigenvalue weighted by molar-refractivity contribution is 5.91. The molecular formula is C20H22F2N2O3. The summed E-state index contributed by atoms with van der Waals surface area (Å²) in [7, 11) is 1.66. The zero-order chi connectivity index (χ0) is 19.6. The van der Waals surface area contributed by atoms with Crippen LogP contribution in [-0.2, 0) is 4.79 Å². The maximum atomic E-state index is 13.5. The number of hydrogen-bond donors (Lipinski definition) is 0. The maximum Gasteiger partial charge on any atom is 0.289 e. The number of furan rings is 1. The van der Waals surface area contributed by atoms with Gasteiger partial charge < -0.3 is 14.2 Å². The van der Waals surface area contributed by atoms with Crippen LogP contribution in [0.2, 0.25) is 0 Å². The van der Waals surface area contributed by atoms with Crippen molar-refractivity contribution in [2.24, 2.45) is 5.92 Å². The molecule has 1 aliphatic rings. The van der Waals surface area contributed by atoms with Crippen LogP contribution in [0.1, 0.15) is 41.9 Å². The lowest BCUT2D eigenvalue weighted by molar-refractivity contribution is -0.137. The first-order chi connectivity index (χ1) is 12.9. The summed E-state index contributed by atoms with van der Waals surface area (Å²) in [6.45, 7) is 2.73. The van der Waals surface area contributed by atoms with Crippen LogP contribution < -0.4 is 0 Å². The standard InChI is InChI=1S/C20H22F2N2O3/c1-13(15-5-6-16(21)17(22)12-15)23(2)19(25)14-7-9-24(10-8-14)20(26)18-4-3-11-27-18/h3-6,11-14H,7-10H2,1-2H3. The van der Waals surface area contributed by atoms with Crippen LogP contribution in [-0.4, -0.2) is 41.8 Å². The summed E-state index contributed by atoms with van der Waals surface area (Å²) in [4.78, 5) is 28.3. The molecule has 1 aromatic carbocycles. The quantitative estimate of drug-likeness (QED) is 0.819. The molecule has 1 atom stereocenters. The SMILES string of the molecule is CC(c1ccc(F)c(F)c1)N(C)C(=O)C1CCN(C(=O)c2ccco2)CC1. The molecular weight excluding hydrogens is 354 g/mol. The molecule has 27 heavy (non-hydrogen) atoms. The summed E-state index contributed by atoms with van der Waals surface area (Å²) in [5.74, 6) is -1.97. The van der Waals surface area contributed by atoms with Crippen molar-refractivity contribution in [3.8, 4) is 0 Å². The zero-order valence-electron chi connectivity index (χ0n) is 15.3. The molecule has 2 amide bonds. The first-order valence-corrected chi connectivity index (χ1v) is 8.93. The second kappa shape index (κ2) is 7.90. The topological polar surface area (TPSA) is 53.8 Å². The highest BCUT2D eigenvalue weighted by Gasteiger charge is 2.31. The minimum atomic E-state index is -0.926. The molecule has 2 heterocycles. The molecule has 0 saturated carbocycles. The molecule has 2 aromatic rings. The van der Waals surface area contributed by atoms with Gasteiger partial charge >= 0.3 is 0 Å². The van der Waals surface area contributed by atoms with Crippen molar-refractivity contribution in [3.63, 3.8) is 0 Å². The van der Waals surface area contributed by atoms with E-state index in [1.54, 1.807) is 35.9 Å². The van der Waals surface area contributed by atoms with Crippen molar-refractivity contribution < 1.29 is 22.8 Å². The highest BCUT2D eigenvalue weighted by atomic mass is 19.2. The van der Waals surface area contributed by atoms with E-state index < -0.39 is 11.6 Å².